The highest BCUT2D eigenvalue weighted by atomic mass is 35.5. The number of carbonyl (C=O) groups excluding carboxylic acids is 1. The number of aromatic nitrogens is 2. The molecule has 2 aromatic heterocycles. The van der Waals surface area contributed by atoms with Gasteiger partial charge in [-0.3, -0.25) is 9.78 Å². The second-order valence-electron chi connectivity index (χ2n) is 7.51. The molecule has 0 aliphatic rings. The van der Waals surface area contributed by atoms with Crippen LogP contribution in [0.1, 0.15) is 12.5 Å². The summed E-state index contributed by atoms with van der Waals surface area (Å²) in [6, 6.07) is 19.0. The highest BCUT2D eigenvalue weighted by Gasteiger charge is 2.08. The van der Waals surface area contributed by atoms with E-state index in [0.29, 0.717) is 35.2 Å². The molecule has 0 saturated heterocycles. The van der Waals surface area contributed by atoms with Crippen molar-refractivity contribution in [3.63, 3.8) is 0 Å². The van der Waals surface area contributed by atoms with Crippen LogP contribution in [0.4, 0.5) is 17.2 Å². The Kier molecular flexibility index (Phi) is 8.75. The number of anilines is 3. The van der Waals surface area contributed by atoms with Gasteiger partial charge in [-0.15, -0.1) is 0 Å². The third-order valence-corrected chi connectivity index (χ3v) is 5.11. The van der Waals surface area contributed by atoms with Gasteiger partial charge in [-0.1, -0.05) is 29.8 Å². The van der Waals surface area contributed by atoms with E-state index in [9.17, 15) is 4.79 Å². The lowest BCUT2D eigenvalue weighted by molar-refractivity contribution is -0.105. The van der Waals surface area contributed by atoms with Crippen LogP contribution in [0, 0.1) is 0 Å². The zero-order valence-electron chi connectivity index (χ0n) is 18.6. The van der Waals surface area contributed by atoms with Crippen LogP contribution < -0.4 is 16.4 Å². The minimum atomic E-state index is -0.560. The number of nitrogen functional groups attached to an aromatic ring is 1. The van der Waals surface area contributed by atoms with Gasteiger partial charge in [0.25, 0.3) is 0 Å². The van der Waals surface area contributed by atoms with E-state index in [1.807, 2.05) is 36.4 Å². The van der Waals surface area contributed by atoms with Crippen LogP contribution in [0.5, 0.6) is 0 Å². The van der Waals surface area contributed by atoms with Gasteiger partial charge in [-0.2, -0.15) is 0 Å². The van der Waals surface area contributed by atoms with Gasteiger partial charge in [0.15, 0.2) is 0 Å². The molecular formula is C25H26ClN5O3. The molecule has 0 fully saturated rings. The van der Waals surface area contributed by atoms with E-state index in [4.69, 9.17) is 27.5 Å². The third-order valence-electron chi connectivity index (χ3n) is 4.80. The van der Waals surface area contributed by atoms with Crippen LogP contribution in [0.3, 0.4) is 0 Å². The first-order chi connectivity index (χ1) is 16.4. The van der Waals surface area contributed by atoms with Gasteiger partial charge in [-0.25, -0.2) is 4.98 Å². The second-order valence-corrected chi connectivity index (χ2v) is 7.91. The summed E-state index contributed by atoms with van der Waals surface area (Å²) < 4.78 is 0. The van der Waals surface area contributed by atoms with Crippen molar-refractivity contribution < 1.29 is 15.0 Å². The molecule has 0 spiro atoms. The molecule has 176 valence electrons. The van der Waals surface area contributed by atoms with Gasteiger partial charge in [0, 0.05) is 23.7 Å². The number of nitrogens with zero attached hydrogens (tertiary/aromatic N) is 2. The Labute approximate surface area is 202 Å². The smallest absolute Gasteiger partial charge is 0.211 e. The molecular weight excluding hydrogens is 454 g/mol. The average molecular weight is 480 g/mol. The van der Waals surface area contributed by atoms with Crippen molar-refractivity contribution in [3.8, 4) is 11.3 Å². The zero-order chi connectivity index (χ0) is 24.5. The Morgan fingerprint density at radius 2 is 1.94 bits per heavy atom. The fourth-order valence-corrected chi connectivity index (χ4v) is 3.28. The summed E-state index contributed by atoms with van der Waals surface area (Å²) >= 11 is 6.22. The Balaban J connectivity index is 0.000000588. The topological polar surface area (TPSA) is 133 Å². The Bertz CT molecular complexity index is 1270. The number of carbonyl (C=O) groups is 1. The summed E-state index contributed by atoms with van der Waals surface area (Å²) in [6.07, 6.45) is 1.81. The fourth-order valence-electron chi connectivity index (χ4n) is 3.05. The number of fused-ring (bicyclic) bond motifs is 1. The number of halogens is 1. The summed E-state index contributed by atoms with van der Waals surface area (Å²) in [4.78, 5) is 19.6. The molecule has 2 aromatic carbocycles. The highest BCUT2D eigenvalue weighted by molar-refractivity contribution is 6.33. The number of hydrogen-bond acceptors (Lipinski definition) is 7. The van der Waals surface area contributed by atoms with Gasteiger partial charge >= 0.3 is 0 Å². The summed E-state index contributed by atoms with van der Waals surface area (Å²) in [6.45, 7) is 1.97. The minimum Gasteiger partial charge on any atom is -0.396 e. The number of aliphatic hydroxyl groups excluding tert-OH is 2. The van der Waals surface area contributed by atoms with Crippen molar-refractivity contribution in [2.75, 3.05) is 23.0 Å². The lowest BCUT2D eigenvalue weighted by atomic mass is 10.1. The third kappa shape index (κ3) is 6.64. The largest absolute Gasteiger partial charge is 0.396 e. The molecule has 0 aliphatic heterocycles. The van der Waals surface area contributed by atoms with Crippen LogP contribution in [-0.2, 0) is 11.3 Å². The molecule has 0 bridgehead atoms. The normalized spacial score (nSPS) is 11.3. The highest BCUT2D eigenvalue weighted by Crippen LogP contribution is 2.29. The predicted molar refractivity (Wildman–Crippen MR) is 137 cm³/mol. The van der Waals surface area contributed by atoms with Crippen molar-refractivity contribution >= 4 is 46.1 Å². The first kappa shape index (κ1) is 24.9. The van der Waals surface area contributed by atoms with Crippen molar-refractivity contribution in [3.05, 3.63) is 77.4 Å². The molecule has 6 N–H and O–H groups in total. The molecule has 1 amide bonds. The maximum absolute atomic E-state index is 10.6. The van der Waals surface area contributed by atoms with E-state index in [1.165, 1.54) is 6.92 Å². The quantitative estimate of drug-likeness (QED) is 0.252. The molecule has 1 unspecified atom stereocenters. The first-order valence-corrected chi connectivity index (χ1v) is 10.9. The number of aliphatic hydroxyl groups is 2. The number of nitrogens with one attached hydrogen (secondary N) is 2. The summed E-state index contributed by atoms with van der Waals surface area (Å²) in [5.74, 6) is 0.597. The summed E-state index contributed by atoms with van der Waals surface area (Å²) in [5, 5.41) is 23.4. The molecule has 0 radical (unpaired) electrons. The van der Waals surface area contributed by atoms with Gasteiger partial charge in [0.2, 0.25) is 6.41 Å². The van der Waals surface area contributed by atoms with Crippen molar-refractivity contribution in [1.29, 1.82) is 0 Å². The van der Waals surface area contributed by atoms with Crippen molar-refractivity contribution in [2.45, 2.75) is 19.6 Å². The molecule has 1 atom stereocenters. The van der Waals surface area contributed by atoms with E-state index in [0.717, 1.165) is 27.7 Å². The molecule has 0 saturated carbocycles. The molecule has 34 heavy (non-hydrogen) atoms. The van der Waals surface area contributed by atoms with Crippen molar-refractivity contribution in [1.82, 2.24) is 9.97 Å². The predicted octanol–water partition coefficient (Wildman–Crippen LogP) is 4.07. The van der Waals surface area contributed by atoms with E-state index in [1.54, 1.807) is 24.4 Å². The van der Waals surface area contributed by atoms with Gasteiger partial charge in [-0.05, 0) is 55.0 Å². The average Bonchev–Trinajstić information content (AvgIpc) is 2.85. The summed E-state index contributed by atoms with van der Waals surface area (Å²) in [5.41, 5.74) is 10.8. The molecule has 4 rings (SSSR count). The molecule has 0 aliphatic carbocycles. The van der Waals surface area contributed by atoms with Crippen LogP contribution in [0.15, 0.2) is 66.9 Å². The SMILES string of the molecule is CC(O)CO.Nc1ccc(-c2ccc(NC=O)c(Cl)c2)nc1NCc1ccc2ncccc2c1. The van der Waals surface area contributed by atoms with E-state index in [-0.39, 0.29) is 6.61 Å². The van der Waals surface area contributed by atoms with Crippen LogP contribution in [0.25, 0.3) is 22.2 Å². The Morgan fingerprint density at radius 3 is 2.65 bits per heavy atom. The van der Waals surface area contributed by atoms with E-state index in [2.05, 4.69) is 26.7 Å². The minimum absolute atomic E-state index is 0.139. The van der Waals surface area contributed by atoms with Gasteiger partial charge in [0.05, 0.1) is 40.3 Å². The number of amides is 1. The fraction of sp³-hybridized carbons (Fsp3) is 0.160. The van der Waals surface area contributed by atoms with Crippen LogP contribution in [-0.4, -0.2) is 39.3 Å². The van der Waals surface area contributed by atoms with E-state index >= 15 is 0 Å². The number of benzene rings is 2. The maximum Gasteiger partial charge on any atom is 0.211 e. The molecule has 9 heteroatoms. The second kappa shape index (κ2) is 11.9. The zero-order valence-corrected chi connectivity index (χ0v) is 19.3. The Hall–Kier alpha value is -3.72. The van der Waals surface area contributed by atoms with Gasteiger partial charge in [0.1, 0.15) is 5.82 Å². The number of rotatable bonds is 7. The molecule has 4 aromatic rings. The number of nitrogens with two attached hydrogens (primary N) is 1. The summed E-state index contributed by atoms with van der Waals surface area (Å²) in [7, 11) is 0. The molecule has 2 heterocycles. The lowest BCUT2D eigenvalue weighted by Crippen LogP contribution is -2.05. The van der Waals surface area contributed by atoms with Gasteiger partial charge < -0.3 is 26.6 Å². The first-order valence-electron chi connectivity index (χ1n) is 10.5. The Morgan fingerprint density at radius 1 is 1.15 bits per heavy atom. The van der Waals surface area contributed by atoms with Crippen molar-refractivity contribution in [2.24, 2.45) is 0 Å². The van der Waals surface area contributed by atoms with Crippen LogP contribution >= 0.6 is 11.6 Å². The standard InChI is InChI=1S/C22H18ClN5O.C3H8O2/c23-17-11-16(4-7-21(17)27-13-29)20-8-5-18(24)22(28-20)26-12-14-3-6-19-15(10-14)2-1-9-25-19;1-3(5)2-4/h1-11,13H,12,24H2,(H,26,28)(H,27,29);3-5H,2H2,1H3. The monoisotopic (exact) mass is 479 g/mol. The number of pyridine rings is 2. The van der Waals surface area contributed by atoms with E-state index < -0.39 is 6.10 Å². The maximum atomic E-state index is 10.6. The lowest BCUT2D eigenvalue weighted by Gasteiger charge is -2.12. The number of hydrogen-bond donors (Lipinski definition) is 5. The van der Waals surface area contributed by atoms with Crippen LogP contribution in [0.2, 0.25) is 5.02 Å². The molecule has 8 nitrogen and oxygen atoms in total.